The fourth-order valence-electron chi connectivity index (χ4n) is 2.22. The van der Waals surface area contributed by atoms with Gasteiger partial charge in [0.25, 0.3) is 5.88 Å². The van der Waals surface area contributed by atoms with E-state index in [4.69, 9.17) is 21.3 Å². The van der Waals surface area contributed by atoms with E-state index in [1.165, 1.54) is 19.3 Å². The Hall–Kier alpha value is -2.32. The molecule has 126 valence electrons. The van der Waals surface area contributed by atoms with Crippen molar-refractivity contribution < 1.29 is 4.42 Å². The number of hydrogen-bond donors (Lipinski definition) is 1. The molecule has 24 heavy (non-hydrogen) atoms. The van der Waals surface area contributed by atoms with Crippen molar-refractivity contribution >= 4 is 23.7 Å². The average Bonchev–Trinajstić information content (AvgIpc) is 2.99. The zero-order chi connectivity index (χ0) is 17.2. The molecular weight excluding hydrogens is 324 g/mol. The summed E-state index contributed by atoms with van der Waals surface area (Å²) in [7, 11) is 0. The van der Waals surface area contributed by atoms with Crippen LogP contribution in [0.4, 0.5) is 5.88 Å². The molecule has 5 nitrogen and oxygen atoms in total. The normalized spacial score (nSPS) is 10.9. The molecule has 1 aromatic carbocycles. The van der Waals surface area contributed by atoms with Gasteiger partial charge in [-0.05, 0) is 24.1 Å². The van der Waals surface area contributed by atoms with E-state index in [0.29, 0.717) is 10.9 Å². The van der Waals surface area contributed by atoms with Crippen LogP contribution in [0.5, 0.6) is 0 Å². The molecule has 0 atom stereocenters. The molecule has 0 aliphatic carbocycles. The maximum atomic E-state index is 9.14. The standard InChI is InChI=1S/C18H21ClN4O/c1-2-3-4-5-6-7-17-22-16(12-20)18(24-17)23-21-13-14-8-10-15(19)11-9-14/h8-11,13,23H,2-7H2,1H3. The maximum Gasteiger partial charge on any atom is 0.252 e. The first kappa shape index (κ1) is 18.0. The molecule has 6 heteroatoms. The molecule has 0 aliphatic heterocycles. The number of nitrogens with zero attached hydrogens (tertiary/aromatic N) is 3. The van der Waals surface area contributed by atoms with Crippen LogP contribution in [0.15, 0.2) is 33.8 Å². The molecule has 0 radical (unpaired) electrons. The van der Waals surface area contributed by atoms with Gasteiger partial charge in [0.05, 0.1) is 6.21 Å². The number of aryl methyl sites for hydroxylation is 1. The maximum absolute atomic E-state index is 9.14. The van der Waals surface area contributed by atoms with Gasteiger partial charge in [0, 0.05) is 11.4 Å². The lowest BCUT2D eigenvalue weighted by atomic mass is 10.1. The molecule has 0 aliphatic rings. The molecule has 0 unspecified atom stereocenters. The van der Waals surface area contributed by atoms with E-state index in [9.17, 15) is 0 Å². The Labute approximate surface area is 147 Å². The Bertz CT molecular complexity index is 701. The van der Waals surface area contributed by atoms with Crippen LogP contribution in [-0.2, 0) is 6.42 Å². The van der Waals surface area contributed by atoms with Crippen molar-refractivity contribution in [1.29, 1.82) is 5.26 Å². The highest BCUT2D eigenvalue weighted by molar-refractivity contribution is 6.30. The third-order valence-electron chi connectivity index (χ3n) is 3.52. The van der Waals surface area contributed by atoms with Gasteiger partial charge in [-0.3, -0.25) is 0 Å². The molecule has 1 aromatic heterocycles. The van der Waals surface area contributed by atoms with E-state index in [1.54, 1.807) is 18.3 Å². The summed E-state index contributed by atoms with van der Waals surface area (Å²) in [5.41, 5.74) is 3.86. The van der Waals surface area contributed by atoms with Crippen LogP contribution in [0.1, 0.15) is 56.2 Å². The van der Waals surface area contributed by atoms with Gasteiger partial charge in [-0.25, -0.2) is 10.4 Å². The minimum Gasteiger partial charge on any atom is -0.422 e. The summed E-state index contributed by atoms with van der Waals surface area (Å²) in [6.07, 6.45) is 8.22. The molecule has 0 saturated carbocycles. The van der Waals surface area contributed by atoms with Crippen molar-refractivity contribution in [3.8, 4) is 6.07 Å². The van der Waals surface area contributed by atoms with Crippen molar-refractivity contribution in [2.75, 3.05) is 5.43 Å². The van der Waals surface area contributed by atoms with Crippen molar-refractivity contribution in [1.82, 2.24) is 4.98 Å². The first-order valence-electron chi connectivity index (χ1n) is 8.17. The van der Waals surface area contributed by atoms with Gasteiger partial charge >= 0.3 is 0 Å². The number of nitrogens with one attached hydrogen (secondary N) is 1. The second-order valence-electron chi connectivity index (χ2n) is 5.48. The van der Waals surface area contributed by atoms with Crippen LogP contribution in [0.25, 0.3) is 0 Å². The van der Waals surface area contributed by atoms with Crippen LogP contribution in [-0.4, -0.2) is 11.2 Å². The number of hydrogen-bond acceptors (Lipinski definition) is 5. The first-order chi connectivity index (χ1) is 11.7. The lowest BCUT2D eigenvalue weighted by molar-refractivity contribution is 0.488. The number of unbranched alkanes of at least 4 members (excludes halogenated alkanes) is 4. The van der Waals surface area contributed by atoms with Crippen LogP contribution in [0.3, 0.4) is 0 Å². The van der Waals surface area contributed by atoms with E-state index < -0.39 is 0 Å². The Morgan fingerprint density at radius 1 is 1.25 bits per heavy atom. The summed E-state index contributed by atoms with van der Waals surface area (Å²) < 4.78 is 5.59. The summed E-state index contributed by atoms with van der Waals surface area (Å²) in [6, 6.07) is 9.29. The highest BCUT2D eigenvalue weighted by Crippen LogP contribution is 2.18. The second kappa shape index (κ2) is 9.74. The Morgan fingerprint density at radius 3 is 2.71 bits per heavy atom. The van der Waals surface area contributed by atoms with E-state index in [1.807, 2.05) is 18.2 Å². The number of oxazole rings is 1. The van der Waals surface area contributed by atoms with Gasteiger partial charge in [-0.1, -0.05) is 56.3 Å². The van der Waals surface area contributed by atoms with E-state index in [-0.39, 0.29) is 11.6 Å². The quantitative estimate of drug-likeness (QED) is 0.387. The Morgan fingerprint density at radius 2 is 2.00 bits per heavy atom. The van der Waals surface area contributed by atoms with E-state index in [2.05, 4.69) is 22.4 Å². The minimum atomic E-state index is 0.229. The summed E-state index contributed by atoms with van der Waals surface area (Å²) >= 11 is 5.83. The van der Waals surface area contributed by atoms with Crippen molar-refractivity contribution in [3.05, 3.63) is 46.4 Å². The van der Waals surface area contributed by atoms with Crippen LogP contribution >= 0.6 is 11.6 Å². The molecule has 2 aromatic rings. The molecule has 1 N–H and O–H groups in total. The molecule has 1 heterocycles. The minimum absolute atomic E-state index is 0.229. The lowest BCUT2D eigenvalue weighted by Gasteiger charge is -1.97. The molecule has 0 fully saturated rings. The smallest absolute Gasteiger partial charge is 0.252 e. The van der Waals surface area contributed by atoms with Gasteiger partial charge in [-0.15, -0.1) is 0 Å². The number of benzene rings is 1. The second-order valence-corrected chi connectivity index (χ2v) is 5.92. The largest absolute Gasteiger partial charge is 0.422 e. The average molecular weight is 345 g/mol. The van der Waals surface area contributed by atoms with Crippen LogP contribution in [0.2, 0.25) is 5.02 Å². The zero-order valence-corrected chi connectivity index (χ0v) is 14.5. The van der Waals surface area contributed by atoms with E-state index >= 15 is 0 Å². The van der Waals surface area contributed by atoms with Gasteiger partial charge in [-0.2, -0.15) is 10.4 Å². The van der Waals surface area contributed by atoms with E-state index in [0.717, 1.165) is 24.8 Å². The van der Waals surface area contributed by atoms with Gasteiger partial charge in [0.2, 0.25) is 5.69 Å². The van der Waals surface area contributed by atoms with Gasteiger partial charge < -0.3 is 4.42 Å². The molecule has 0 spiro atoms. The number of nitriles is 1. The van der Waals surface area contributed by atoms with Gasteiger partial charge in [0.15, 0.2) is 5.89 Å². The summed E-state index contributed by atoms with van der Waals surface area (Å²) in [5.74, 6) is 0.860. The predicted octanol–water partition coefficient (Wildman–Crippen LogP) is 5.16. The third-order valence-corrected chi connectivity index (χ3v) is 3.77. The molecule has 0 amide bonds. The van der Waals surface area contributed by atoms with Crippen LogP contribution in [0, 0.1) is 11.3 Å². The topological polar surface area (TPSA) is 74.2 Å². The predicted molar refractivity (Wildman–Crippen MR) is 96.3 cm³/mol. The molecule has 2 rings (SSSR count). The first-order valence-corrected chi connectivity index (χ1v) is 8.55. The third kappa shape index (κ3) is 5.71. The fourth-order valence-corrected chi connectivity index (χ4v) is 2.34. The summed E-state index contributed by atoms with van der Waals surface area (Å²) in [6.45, 7) is 2.19. The SMILES string of the molecule is CCCCCCCc1nc(C#N)c(NN=Cc2ccc(Cl)cc2)o1. The number of anilines is 1. The molecule has 0 bridgehead atoms. The van der Waals surface area contributed by atoms with Crippen molar-refractivity contribution in [3.63, 3.8) is 0 Å². The summed E-state index contributed by atoms with van der Waals surface area (Å²) in [4.78, 5) is 4.20. The highest BCUT2D eigenvalue weighted by Gasteiger charge is 2.12. The van der Waals surface area contributed by atoms with Crippen LogP contribution < -0.4 is 5.43 Å². The van der Waals surface area contributed by atoms with Gasteiger partial charge in [0.1, 0.15) is 6.07 Å². The monoisotopic (exact) mass is 344 g/mol. The van der Waals surface area contributed by atoms with Crippen molar-refractivity contribution in [2.45, 2.75) is 45.4 Å². The highest BCUT2D eigenvalue weighted by atomic mass is 35.5. The number of aromatic nitrogens is 1. The fraction of sp³-hybridized carbons (Fsp3) is 0.389. The Kier molecular flexibility index (Phi) is 7.31. The lowest BCUT2D eigenvalue weighted by Crippen LogP contribution is -1.91. The van der Waals surface area contributed by atoms with Crippen molar-refractivity contribution in [2.24, 2.45) is 5.10 Å². The zero-order valence-electron chi connectivity index (χ0n) is 13.8. The molecular formula is C18H21ClN4O. The summed E-state index contributed by atoms with van der Waals surface area (Å²) in [5, 5.41) is 13.9. The molecule has 0 saturated heterocycles. The number of rotatable bonds is 9. The number of halogens is 1. The number of hydrazone groups is 1. The Balaban J connectivity index is 1.90.